The van der Waals surface area contributed by atoms with E-state index in [-0.39, 0.29) is 0 Å². The Balaban J connectivity index is 3.37. The van der Waals surface area contributed by atoms with Crippen LogP contribution in [0.1, 0.15) is 26.3 Å². The molecule has 8 nitrogen and oxygen atoms in total. The highest BCUT2D eigenvalue weighted by molar-refractivity contribution is 7.92. The molecule has 0 aliphatic rings. The van der Waals surface area contributed by atoms with Crippen LogP contribution < -0.4 is 0 Å². The van der Waals surface area contributed by atoms with Crippen LogP contribution in [0.15, 0.2) is 23.1 Å². The number of rotatable bonds is 4. The van der Waals surface area contributed by atoms with Gasteiger partial charge in [0, 0.05) is 19.2 Å². The van der Waals surface area contributed by atoms with E-state index >= 15 is 0 Å². The number of carbonyl (C=O) groups excluding carboxylic acids is 1. The number of alkyl halides is 3. The molecule has 0 atom stereocenters. The van der Waals surface area contributed by atoms with Crippen LogP contribution in [-0.4, -0.2) is 42.5 Å². The minimum atomic E-state index is -5.76. The molecule has 0 bridgehead atoms. The smallest absolute Gasteiger partial charge is 0.444 e. The largest absolute Gasteiger partial charge is 0.501 e. The van der Waals surface area contributed by atoms with Crippen LogP contribution in [0.3, 0.4) is 0 Å². The molecule has 0 heterocycles. The molecule has 1 rings (SSSR count). The van der Waals surface area contributed by atoms with Crippen LogP contribution >= 0.6 is 0 Å². The fourth-order valence-corrected chi connectivity index (χ4v) is 2.81. The summed E-state index contributed by atoms with van der Waals surface area (Å²) >= 11 is 0. The molecule has 146 valence electrons. The lowest BCUT2D eigenvalue weighted by Crippen LogP contribution is -2.34. The summed E-state index contributed by atoms with van der Waals surface area (Å²) in [4.78, 5) is 21.6. The van der Waals surface area contributed by atoms with Gasteiger partial charge in [-0.3, -0.25) is 10.1 Å². The highest BCUT2D eigenvalue weighted by Gasteiger charge is 2.48. The molecule has 0 radical (unpaired) electrons. The van der Waals surface area contributed by atoms with E-state index in [1.807, 2.05) is 0 Å². The molecular formula is C14H17F3N2O6S. The highest BCUT2D eigenvalue weighted by Crippen LogP contribution is 2.34. The number of carbonyl (C=O) groups is 1. The molecule has 0 spiro atoms. The minimum absolute atomic E-state index is 0.499. The van der Waals surface area contributed by atoms with Crippen molar-refractivity contribution in [3.63, 3.8) is 0 Å². The van der Waals surface area contributed by atoms with Crippen LogP contribution in [0, 0.1) is 10.1 Å². The van der Waals surface area contributed by atoms with Gasteiger partial charge in [-0.05, 0) is 32.4 Å². The van der Waals surface area contributed by atoms with Gasteiger partial charge in [-0.25, -0.2) is 13.2 Å². The third-order valence-electron chi connectivity index (χ3n) is 2.96. The zero-order chi connectivity index (χ0) is 20.5. The maximum Gasteiger partial charge on any atom is 0.501 e. The Bertz CT molecular complexity index is 815. The SMILES string of the molecule is CN(Cc1cc([N+](=O)[O-])ccc1S(=O)(=O)C(F)(F)F)C(=O)OC(C)(C)C. The van der Waals surface area contributed by atoms with Crippen LogP contribution in [0.4, 0.5) is 23.7 Å². The Kier molecular flexibility index (Phi) is 5.91. The van der Waals surface area contributed by atoms with E-state index < -0.39 is 54.7 Å². The zero-order valence-electron chi connectivity index (χ0n) is 14.3. The second kappa shape index (κ2) is 7.09. The lowest BCUT2D eigenvalue weighted by atomic mass is 10.2. The van der Waals surface area contributed by atoms with E-state index in [1.54, 1.807) is 20.8 Å². The molecule has 0 aliphatic carbocycles. The molecular weight excluding hydrogens is 381 g/mol. The van der Waals surface area contributed by atoms with Gasteiger partial charge in [-0.1, -0.05) is 0 Å². The van der Waals surface area contributed by atoms with Crippen molar-refractivity contribution in [3.8, 4) is 0 Å². The monoisotopic (exact) mass is 398 g/mol. The summed E-state index contributed by atoms with van der Waals surface area (Å²) in [6.07, 6.45) is -0.931. The first-order chi connectivity index (χ1) is 11.6. The maximum atomic E-state index is 12.8. The van der Waals surface area contributed by atoms with E-state index in [9.17, 15) is 36.5 Å². The molecule has 1 aromatic carbocycles. The number of hydrogen-bond acceptors (Lipinski definition) is 6. The highest BCUT2D eigenvalue weighted by atomic mass is 32.2. The van der Waals surface area contributed by atoms with Gasteiger partial charge in [0.2, 0.25) is 0 Å². The van der Waals surface area contributed by atoms with Crippen LogP contribution in [0.25, 0.3) is 0 Å². The number of halogens is 3. The minimum Gasteiger partial charge on any atom is -0.444 e. The summed E-state index contributed by atoms with van der Waals surface area (Å²) in [6, 6.07) is 1.83. The summed E-state index contributed by atoms with van der Waals surface area (Å²) in [5, 5.41) is 10.8. The third-order valence-corrected chi connectivity index (χ3v) is 4.55. The first kappa shape index (κ1) is 21.7. The molecule has 0 unspecified atom stereocenters. The number of ether oxygens (including phenoxy) is 1. The van der Waals surface area contributed by atoms with Gasteiger partial charge in [0.1, 0.15) is 5.60 Å². The van der Waals surface area contributed by atoms with E-state index in [0.717, 1.165) is 11.9 Å². The molecule has 12 heteroatoms. The van der Waals surface area contributed by atoms with E-state index in [4.69, 9.17) is 4.74 Å². The molecule has 0 saturated carbocycles. The van der Waals surface area contributed by atoms with E-state index in [1.165, 1.54) is 0 Å². The number of sulfone groups is 1. The van der Waals surface area contributed by atoms with Gasteiger partial charge in [0.15, 0.2) is 0 Å². The van der Waals surface area contributed by atoms with Gasteiger partial charge in [-0.2, -0.15) is 13.2 Å². The van der Waals surface area contributed by atoms with Gasteiger partial charge < -0.3 is 9.64 Å². The zero-order valence-corrected chi connectivity index (χ0v) is 15.1. The Hall–Kier alpha value is -2.37. The van der Waals surface area contributed by atoms with Gasteiger partial charge >= 0.3 is 11.6 Å². The molecule has 0 aliphatic heterocycles. The lowest BCUT2D eigenvalue weighted by Gasteiger charge is -2.25. The Morgan fingerprint density at radius 2 is 1.81 bits per heavy atom. The van der Waals surface area contributed by atoms with Crippen LogP contribution in [-0.2, 0) is 21.1 Å². The van der Waals surface area contributed by atoms with Crippen molar-refractivity contribution in [2.24, 2.45) is 0 Å². The predicted molar refractivity (Wildman–Crippen MR) is 84.0 cm³/mol. The summed E-state index contributed by atoms with van der Waals surface area (Å²) in [6.45, 7) is 4.05. The molecule has 1 aromatic rings. The molecule has 1 amide bonds. The first-order valence-electron chi connectivity index (χ1n) is 7.09. The quantitative estimate of drug-likeness (QED) is 0.569. The number of nitro groups is 1. The lowest BCUT2D eigenvalue weighted by molar-refractivity contribution is -0.385. The summed E-state index contributed by atoms with van der Waals surface area (Å²) < 4.78 is 67.0. The Morgan fingerprint density at radius 3 is 2.23 bits per heavy atom. The summed E-state index contributed by atoms with van der Waals surface area (Å²) in [7, 11) is -4.59. The average molecular weight is 398 g/mol. The Morgan fingerprint density at radius 1 is 1.27 bits per heavy atom. The van der Waals surface area contributed by atoms with Crippen molar-refractivity contribution < 1.29 is 36.0 Å². The average Bonchev–Trinajstić information content (AvgIpc) is 2.43. The maximum absolute atomic E-state index is 12.8. The molecule has 0 fully saturated rings. The van der Waals surface area contributed by atoms with Gasteiger partial charge in [0.25, 0.3) is 15.5 Å². The second-order valence-corrected chi connectivity index (χ2v) is 8.24. The molecule has 0 saturated heterocycles. The van der Waals surface area contributed by atoms with Crippen molar-refractivity contribution in [1.82, 2.24) is 4.90 Å². The van der Waals surface area contributed by atoms with Gasteiger partial charge in [0.05, 0.1) is 16.4 Å². The number of nitro benzene ring substituents is 1. The third kappa shape index (κ3) is 5.07. The number of non-ortho nitro benzene ring substituents is 1. The van der Waals surface area contributed by atoms with Crippen LogP contribution in [0.2, 0.25) is 0 Å². The summed E-state index contributed by atoms with van der Waals surface area (Å²) in [5.74, 6) is 0. The molecule has 26 heavy (non-hydrogen) atoms. The van der Waals surface area contributed by atoms with Crippen molar-refractivity contribution in [2.45, 2.75) is 43.3 Å². The fraction of sp³-hybridized carbons (Fsp3) is 0.500. The second-order valence-electron chi connectivity index (χ2n) is 6.33. The van der Waals surface area contributed by atoms with Gasteiger partial charge in [-0.15, -0.1) is 0 Å². The number of benzene rings is 1. The molecule has 0 aromatic heterocycles. The van der Waals surface area contributed by atoms with Crippen molar-refractivity contribution in [3.05, 3.63) is 33.9 Å². The number of hydrogen-bond donors (Lipinski definition) is 0. The fourth-order valence-electron chi connectivity index (χ4n) is 1.85. The van der Waals surface area contributed by atoms with E-state index in [2.05, 4.69) is 0 Å². The Labute approximate surface area is 147 Å². The molecule has 0 N–H and O–H groups in total. The van der Waals surface area contributed by atoms with Crippen molar-refractivity contribution in [1.29, 1.82) is 0 Å². The first-order valence-corrected chi connectivity index (χ1v) is 8.57. The number of amides is 1. The topological polar surface area (TPSA) is 107 Å². The van der Waals surface area contributed by atoms with E-state index in [0.29, 0.717) is 18.2 Å². The predicted octanol–water partition coefficient (Wildman–Crippen LogP) is 3.26. The van der Waals surface area contributed by atoms with Crippen molar-refractivity contribution >= 4 is 21.6 Å². The summed E-state index contributed by atoms with van der Waals surface area (Å²) in [5.41, 5.74) is -7.65. The van der Waals surface area contributed by atoms with Crippen LogP contribution in [0.5, 0.6) is 0 Å². The van der Waals surface area contributed by atoms with Crippen molar-refractivity contribution in [2.75, 3.05) is 7.05 Å². The number of nitrogens with zero attached hydrogens (tertiary/aromatic N) is 2. The normalized spacial score (nSPS) is 12.6. The standard InChI is InChI=1S/C14H17F3N2O6S/c1-13(2,3)25-12(20)18(4)8-9-7-10(19(21)22)5-6-11(9)26(23,24)14(15,16)17/h5-7H,8H2,1-4H3.